The van der Waals surface area contributed by atoms with Crippen molar-refractivity contribution in [1.29, 1.82) is 5.26 Å². The molecule has 2 fully saturated rings. The number of amides is 2. The zero-order chi connectivity index (χ0) is 35.9. The fourth-order valence-corrected chi connectivity index (χ4v) is 6.82. The predicted molar refractivity (Wildman–Crippen MR) is 182 cm³/mol. The Labute approximate surface area is 286 Å². The summed E-state index contributed by atoms with van der Waals surface area (Å²) < 4.78 is 53.1. The van der Waals surface area contributed by atoms with Crippen molar-refractivity contribution in [3.63, 3.8) is 0 Å². The van der Waals surface area contributed by atoms with Crippen LogP contribution in [-0.4, -0.2) is 75.9 Å². The van der Waals surface area contributed by atoms with Crippen molar-refractivity contribution in [3.8, 4) is 11.8 Å². The number of piperazine rings is 1. The number of hydrogen-bond donors (Lipinski definition) is 0. The molecule has 260 valence electrons. The van der Waals surface area contributed by atoms with Crippen LogP contribution < -0.4 is 14.5 Å². The molecule has 2 aromatic rings. The third kappa shape index (κ3) is 7.39. The van der Waals surface area contributed by atoms with Crippen LogP contribution in [0.15, 0.2) is 36.4 Å². The SMILES string of the molecule is CCc1cc(N2C(=S)N(c3ccc(C#N)c(C(F)(F)F)c3)C(=O)C2(C)C)ccc1OC[C@@H](C)N1C[C@@H](C)N(C(=O)OC(C)(C)C)[C@@H](C)C1. The van der Waals surface area contributed by atoms with E-state index in [4.69, 9.17) is 21.7 Å². The van der Waals surface area contributed by atoms with Crippen LogP contribution >= 0.6 is 12.2 Å². The summed E-state index contributed by atoms with van der Waals surface area (Å²) >= 11 is 5.70. The van der Waals surface area contributed by atoms with Crippen LogP contribution in [0.1, 0.15) is 79.0 Å². The van der Waals surface area contributed by atoms with Gasteiger partial charge in [0.2, 0.25) is 0 Å². The normalized spacial score (nSPS) is 20.9. The summed E-state index contributed by atoms with van der Waals surface area (Å²) in [4.78, 5) is 33.3. The highest BCUT2D eigenvalue weighted by molar-refractivity contribution is 7.81. The lowest BCUT2D eigenvalue weighted by molar-refractivity contribution is -0.137. The van der Waals surface area contributed by atoms with Gasteiger partial charge in [0.05, 0.1) is 22.9 Å². The predicted octanol–water partition coefficient (Wildman–Crippen LogP) is 7.15. The smallest absolute Gasteiger partial charge is 0.417 e. The van der Waals surface area contributed by atoms with Gasteiger partial charge >= 0.3 is 12.3 Å². The Bertz CT molecular complexity index is 1600. The highest BCUT2D eigenvalue weighted by Gasteiger charge is 2.51. The van der Waals surface area contributed by atoms with Gasteiger partial charge in [-0.15, -0.1) is 0 Å². The van der Waals surface area contributed by atoms with Gasteiger partial charge < -0.3 is 19.3 Å². The Kier molecular flexibility index (Phi) is 10.4. The standard InChI is InChI=1S/C35H44F3N5O4S/c1-10-24-15-27(43-31(48)42(30(44)34(43,8)9)26-12-11-25(17-39)28(16-26)35(36,37)38)13-14-29(24)46-20-23(4)40-18-21(2)41(22(3)19-40)32(45)47-33(5,6)7/h11-16,21-23H,10,18-20H2,1-9H3/t21-,22+,23-/m1/s1. The van der Waals surface area contributed by atoms with E-state index in [1.807, 2.05) is 53.7 Å². The molecule has 4 rings (SSSR count). The minimum absolute atomic E-state index is 0.0286. The third-order valence-corrected chi connectivity index (χ3v) is 9.06. The highest BCUT2D eigenvalue weighted by Crippen LogP contribution is 2.40. The molecular formula is C35H44F3N5O4S. The molecule has 2 aliphatic rings. The van der Waals surface area contributed by atoms with E-state index in [0.717, 1.165) is 22.6 Å². The van der Waals surface area contributed by atoms with Gasteiger partial charge in [-0.05, 0) is 116 Å². The Morgan fingerprint density at radius 1 is 1.08 bits per heavy atom. The monoisotopic (exact) mass is 687 g/mol. The minimum atomic E-state index is -4.78. The van der Waals surface area contributed by atoms with Crippen molar-refractivity contribution in [2.45, 2.75) is 104 Å². The molecule has 0 N–H and O–H groups in total. The molecule has 0 bridgehead atoms. The number of alkyl halides is 3. The lowest BCUT2D eigenvalue weighted by Gasteiger charge is -2.46. The summed E-state index contributed by atoms with van der Waals surface area (Å²) in [6.45, 7) is 18.7. The topological polar surface area (TPSA) is 89.4 Å². The van der Waals surface area contributed by atoms with Crippen LogP contribution in [0.25, 0.3) is 0 Å². The summed E-state index contributed by atoms with van der Waals surface area (Å²) in [7, 11) is 0. The highest BCUT2D eigenvalue weighted by atomic mass is 32.1. The first-order valence-electron chi connectivity index (χ1n) is 16.0. The maximum Gasteiger partial charge on any atom is 0.417 e. The van der Waals surface area contributed by atoms with Crippen LogP contribution in [0.4, 0.5) is 29.3 Å². The largest absolute Gasteiger partial charge is 0.492 e. The van der Waals surface area contributed by atoms with Gasteiger partial charge in [-0.3, -0.25) is 14.6 Å². The molecule has 0 saturated carbocycles. The van der Waals surface area contributed by atoms with Gasteiger partial charge in [-0.2, -0.15) is 18.4 Å². The molecule has 0 spiro atoms. The van der Waals surface area contributed by atoms with Crippen molar-refractivity contribution < 1.29 is 32.2 Å². The van der Waals surface area contributed by atoms with Gasteiger partial charge in [0.15, 0.2) is 5.11 Å². The van der Waals surface area contributed by atoms with Gasteiger partial charge in [0, 0.05) is 36.9 Å². The van der Waals surface area contributed by atoms with E-state index in [0.29, 0.717) is 37.6 Å². The zero-order valence-electron chi connectivity index (χ0n) is 28.9. The summed E-state index contributed by atoms with van der Waals surface area (Å²) in [6.07, 6.45) is -4.48. The maximum atomic E-state index is 13.7. The molecule has 48 heavy (non-hydrogen) atoms. The molecule has 0 radical (unpaired) electrons. The van der Waals surface area contributed by atoms with Gasteiger partial charge in [0.1, 0.15) is 23.5 Å². The van der Waals surface area contributed by atoms with E-state index >= 15 is 0 Å². The molecule has 2 heterocycles. The second-order valence-electron chi connectivity index (χ2n) is 14.0. The van der Waals surface area contributed by atoms with Crippen LogP contribution in [0, 0.1) is 11.3 Å². The van der Waals surface area contributed by atoms with E-state index in [9.17, 15) is 28.0 Å². The first kappa shape index (κ1) is 36.9. The molecule has 2 amide bonds. The first-order chi connectivity index (χ1) is 22.2. The lowest BCUT2D eigenvalue weighted by Crippen LogP contribution is -2.61. The fraction of sp³-hybridized carbons (Fsp3) is 0.543. The van der Waals surface area contributed by atoms with Crippen molar-refractivity contribution in [3.05, 3.63) is 53.1 Å². The quantitative estimate of drug-likeness (QED) is 0.284. The van der Waals surface area contributed by atoms with Gasteiger partial charge in [-0.25, -0.2) is 4.79 Å². The lowest BCUT2D eigenvalue weighted by atomic mass is 10.0. The second kappa shape index (κ2) is 13.6. The van der Waals surface area contributed by atoms with E-state index in [1.165, 1.54) is 6.07 Å². The Morgan fingerprint density at radius 2 is 1.69 bits per heavy atom. The molecule has 13 heteroatoms. The number of halogens is 3. The average Bonchev–Trinajstić information content (AvgIpc) is 3.16. The van der Waals surface area contributed by atoms with Crippen LogP contribution in [0.3, 0.4) is 0 Å². The Morgan fingerprint density at radius 3 is 2.23 bits per heavy atom. The molecule has 2 aromatic carbocycles. The molecular weight excluding hydrogens is 643 g/mol. The third-order valence-electron chi connectivity index (χ3n) is 8.69. The van der Waals surface area contributed by atoms with E-state index < -0.39 is 34.4 Å². The van der Waals surface area contributed by atoms with Crippen molar-refractivity contribution >= 4 is 40.7 Å². The summed E-state index contributed by atoms with van der Waals surface area (Å²) in [5.41, 5.74) is -2.04. The number of carbonyl (C=O) groups is 2. The minimum Gasteiger partial charge on any atom is -0.492 e. The second-order valence-corrected chi connectivity index (χ2v) is 14.4. The molecule has 2 aliphatic heterocycles. The summed E-state index contributed by atoms with van der Waals surface area (Å²) in [5.74, 6) is 0.183. The van der Waals surface area contributed by atoms with Crippen LogP contribution in [0.5, 0.6) is 5.75 Å². The zero-order valence-corrected chi connectivity index (χ0v) is 29.8. The fourth-order valence-electron chi connectivity index (χ4n) is 6.30. The number of rotatable bonds is 7. The number of ether oxygens (including phenoxy) is 2. The number of anilines is 2. The Balaban J connectivity index is 1.50. The molecule has 3 atom stereocenters. The van der Waals surface area contributed by atoms with Crippen molar-refractivity contribution in [1.82, 2.24) is 9.80 Å². The number of hydrogen-bond acceptors (Lipinski definition) is 7. The number of nitriles is 1. The summed E-state index contributed by atoms with van der Waals surface area (Å²) in [6, 6.07) is 10.1. The number of nitrogens with zero attached hydrogens (tertiary/aromatic N) is 5. The van der Waals surface area contributed by atoms with Crippen molar-refractivity contribution in [2.24, 2.45) is 0 Å². The van der Waals surface area contributed by atoms with Crippen LogP contribution in [-0.2, 0) is 22.1 Å². The number of benzene rings is 2. The molecule has 0 unspecified atom stereocenters. The average molecular weight is 688 g/mol. The maximum absolute atomic E-state index is 13.7. The first-order valence-corrected chi connectivity index (χ1v) is 16.4. The van der Waals surface area contributed by atoms with Crippen molar-refractivity contribution in [2.75, 3.05) is 29.5 Å². The van der Waals surface area contributed by atoms with Crippen LogP contribution in [0.2, 0.25) is 0 Å². The van der Waals surface area contributed by atoms with Gasteiger partial charge in [0.25, 0.3) is 5.91 Å². The van der Waals surface area contributed by atoms with E-state index in [1.54, 1.807) is 35.8 Å². The van der Waals surface area contributed by atoms with E-state index in [2.05, 4.69) is 11.8 Å². The Hall–Kier alpha value is -3.89. The van der Waals surface area contributed by atoms with Gasteiger partial charge in [-0.1, -0.05) is 6.92 Å². The molecule has 0 aromatic heterocycles. The molecule has 2 saturated heterocycles. The summed E-state index contributed by atoms with van der Waals surface area (Å²) in [5, 5.41) is 9.24. The van der Waals surface area contributed by atoms with E-state index in [-0.39, 0.29) is 35.0 Å². The number of carbonyl (C=O) groups excluding carboxylic acids is 2. The molecule has 9 nitrogen and oxygen atoms in total. The molecule has 0 aliphatic carbocycles. The number of aryl methyl sites for hydroxylation is 1. The number of thiocarbonyl (C=S) groups is 1.